The van der Waals surface area contributed by atoms with E-state index in [1.807, 2.05) is 24.4 Å². The number of hydrogen-bond donors (Lipinski definition) is 1. The van der Waals surface area contributed by atoms with Crippen molar-refractivity contribution in [3.63, 3.8) is 0 Å². The number of nitrogens with two attached hydrogens (primary N) is 1. The van der Waals surface area contributed by atoms with Gasteiger partial charge in [0.1, 0.15) is 0 Å². The van der Waals surface area contributed by atoms with Gasteiger partial charge in [-0.3, -0.25) is 0 Å². The van der Waals surface area contributed by atoms with Gasteiger partial charge in [-0.15, -0.1) is 11.3 Å². The number of nitrogen functional groups attached to an aromatic ring is 1. The first kappa shape index (κ1) is 11.8. The van der Waals surface area contributed by atoms with E-state index in [1.165, 1.54) is 0 Å². The molecule has 3 aromatic heterocycles. The second-order valence-corrected chi connectivity index (χ2v) is 4.67. The number of hydrogen-bond acceptors (Lipinski definition) is 7. The van der Waals surface area contributed by atoms with Gasteiger partial charge in [0, 0.05) is 0 Å². The molecule has 0 saturated heterocycles. The third-order valence-corrected chi connectivity index (χ3v) is 3.34. The van der Waals surface area contributed by atoms with Crippen molar-refractivity contribution < 1.29 is 4.74 Å². The number of fused-ring (bicyclic) bond motifs is 1. The van der Waals surface area contributed by atoms with E-state index in [2.05, 4.69) is 19.9 Å². The Morgan fingerprint density at radius 3 is 2.95 bits per heavy atom. The van der Waals surface area contributed by atoms with E-state index in [9.17, 15) is 0 Å². The third kappa shape index (κ3) is 2.19. The molecule has 3 rings (SSSR count). The topological polar surface area (TPSA) is 86.8 Å². The molecular formula is C12H11N5OS. The summed E-state index contributed by atoms with van der Waals surface area (Å²) in [7, 11) is 0. The molecule has 96 valence electrons. The van der Waals surface area contributed by atoms with Gasteiger partial charge in [-0.05, 0) is 18.4 Å². The maximum Gasteiger partial charge on any atom is 0.247 e. The minimum Gasteiger partial charge on any atom is -0.476 e. The van der Waals surface area contributed by atoms with Crippen LogP contribution in [0.3, 0.4) is 0 Å². The lowest BCUT2D eigenvalue weighted by Crippen LogP contribution is -2.03. The molecule has 19 heavy (non-hydrogen) atoms. The van der Waals surface area contributed by atoms with Crippen LogP contribution in [0.2, 0.25) is 0 Å². The number of rotatable bonds is 3. The van der Waals surface area contributed by atoms with Gasteiger partial charge in [0.25, 0.3) is 0 Å². The standard InChI is InChI=1S/C12H11N5OS/c1-2-18-11-9-10(16-12(13)17-11)14-6-7(15-9)8-4-3-5-19-8/h3-6H,2H2,1H3,(H2,13,14,16,17). The summed E-state index contributed by atoms with van der Waals surface area (Å²) < 4.78 is 5.44. The maximum absolute atomic E-state index is 5.62. The molecule has 0 aliphatic rings. The van der Waals surface area contributed by atoms with Crippen LogP contribution in [0.15, 0.2) is 23.7 Å². The first-order valence-corrected chi connectivity index (χ1v) is 6.63. The van der Waals surface area contributed by atoms with Gasteiger partial charge in [0.2, 0.25) is 11.8 Å². The monoisotopic (exact) mass is 273 g/mol. The molecular weight excluding hydrogens is 262 g/mol. The maximum atomic E-state index is 5.62. The van der Waals surface area contributed by atoms with Crippen molar-refractivity contribution in [2.24, 2.45) is 0 Å². The van der Waals surface area contributed by atoms with Crippen molar-refractivity contribution in [2.75, 3.05) is 12.3 Å². The Morgan fingerprint density at radius 1 is 1.32 bits per heavy atom. The fourth-order valence-corrected chi connectivity index (χ4v) is 2.36. The van der Waals surface area contributed by atoms with Crippen molar-refractivity contribution in [1.82, 2.24) is 19.9 Å². The SMILES string of the molecule is CCOc1nc(N)nc2ncc(-c3cccs3)nc12. The molecule has 0 aromatic carbocycles. The van der Waals surface area contributed by atoms with Crippen LogP contribution in [0.5, 0.6) is 5.88 Å². The predicted molar refractivity (Wildman–Crippen MR) is 74.0 cm³/mol. The van der Waals surface area contributed by atoms with Crippen LogP contribution in [0, 0.1) is 0 Å². The molecule has 0 spiro atoms. The van der Waals surface area contributed by atoms with Crippen molar-refractivity contribution in [2.45, 2.75) is 6.92 Å². The molecule has 0 fully saturated rings. The Morgan fingerprint density at radius 2 is 2.21 bits per heavy atom. The molecule has 3 aromatic rings. The van der Waals surface area contributed by atoms with Gasteiger partial charge >= 0.3 is 0 Å². The predicted octanol–water partition coefficient (Wildman–Crippen LogP) is 2.13. The van der Waals surface area contributed by atoms with Crippen molar-refractivity contribution >= 4 is 28.4 Å². The van der Waals surface area contributed by atoms with E-state index in [1.54, 1.807) is 17.5 Å². The molecule has 0 bridgehead atoms. The zero-order valence-electron chi connectivity index (χ0n) is 10.2. The smallest absolute Gasteiger partial charge is 0.247 e. The van der Waals surface area contributed by atoms with Crippen molar-refractivity contribution in [1.29, 1.82) is 0 Å². The highest BCUT2D eigenvalue weighted by molar-refractivity contribution is 7.13. The van der Waals surface area contributed by atoms with Crippen LogP contribution in [0.1, 0.15) is 6.92 Å². The number of nitrogens with zero attached hydrogens (tertiary/aromatic N) is 4. The first-order chi connectivity index (χ1) is 9.28. The first-order valence-electron chi connectivity index (χ1n) is 5.75. The summed E-state index contributed by atoms with van der Waals surface area (Å²) >= 11 is 1.60. The lowest BCUT2D eigenvalue weighted by Gasteiger charge is -2.06. The molecule has 0 radical (unpaired) electrons. The Bertz CT molecular complexity index is 713. The average molecular weight is 273 g/mol. The van der Waals surface area contributed by atoms with E-state index in [0.29, 0.717) is 23.7 Å². The molecule has 0 unspecified atom stereocenters. The summed E-state index contributed by atoms with van der Waals surface area (Å²) in [4.78, 5) is 17.9. The number of ether oxygens (including phenoxy) is 1. The highest BCUT2D eigenvalue weighted by atomic mass is 32.1. The van der Waals surface area contributed by atoms with Crippen LogP contribution in [-0.4, -0.2) is 26.5 Å². The van der Waals surface area contributed by atoms with Crippen LogP contribution >= 0.6 is 11.3 Å². The van der Waals surface area contributed by atoms with Gasteiger partial charge < -0.3 is 10.5 Å². The van der Waals surface area contributed by atoms with E-state index in [0.717, 1.165) is 10.6 Å². The minimum atomic E-state index is 0.133. The number of thiophene rings is 1. The van der Waals surface area contributed by atoms with Gasteiger partial charge in [-0.25, -0.2) is 9.97 Å². The largest absolute Gasteiger partial charge is 0.476 e. The molecule has 0 amide bonds. The molecule has 2 N–H and O–H groups in total. The molecule has 0 saturated carbocycles. The molecule has 0 atom stereocenters. The molecule has 7 heteroatoms. The second kappa shape index (κ2) is 4.77. The normalized spacial score (nSPS) is 10.8. The molecule has 0 aliphatic heterocycles. The minimum absolute atomic E-state index is 0.133. The summed E-state index contributed by atoms with van der Waals surface area (Å²) in [5.41, 5.74) is 7.37. The van der Waals surface area contributed by atoms with Gasteiger partial charge in [0.15, 0.2) is 11.2 Å². The quantitative estimate of drug-likeness (QED) is 0.786. The summed E-state index contributed by atoms with van der Waals surface area (Å²) in [5.74, 6) is 0.505. The van der Waals surface area contributed by atoms with Crippen LogP contribution in [0.25, 0.3) is 21.7 Å². The third-order valence-electron chi connectivity index (χ3n) is 2.45. The lowest BCUT2D eigenvalue weighted by atomic mass is 10.3. The highest BCUT2D eigenvalue weighted by Gasteiger charge is 2.12. The number of aromatic nitrogens is 4. The summed E-state index contributed by atoms with van der Waals surface area (Å²) in [6.45, 7) is 2.36. The zero-order valence-corrected chi connectivity index (χ0v) is 11.0. The zero-order chi connectivity index (χ0) is 13.2. The summed E-state index contributed by atoms with van der Waals surface area (Å²) in [5, 5.41) is 1.99. The second-order valence-electron chi connectivity index (χ2n) is 3.72. The highest BCUT2D eigenvalue weighted by Crippen LogP contribution is 2.26. The average Bonchev–Trinajstić information content (AvgIpc) is 2.92. The van der Waals surface area contributed by atoms with Crippen LogP contribution < -0.4 is 10.5 Å². The summed E-state index contributed by atoms with van der Waals surface area (Å²) in [6.07, 6.45) is 1.68. The van der Waals surface area contributed by atoms with Crippen LogP contribution in [0.4, 0.5) is 5.95 Å². The Labute approximate surface area is 113 Å². The van der Waals surface area contributed by atoms with Crippen molar-refractivity contribution in [3.8, 4) is 16.5 Å². The van der Waals surface area contributed by atoms with E-state index in [-0.39, 0.29) is 5.95 Å². The van der Waals surface area contributed by atoms with E-state index >= 15 is 0 Å². The Kier molecular flexibility index (Phi) is 2.96. The van der Waals surface area contributed by atoms with Crippen LogP contribution in [-0.2, 0) is 0 Å². The van der Waals surface area contributed by atoms with E-state index in [4.69, 9.17) is 10.5 Å². The summed E-state index contributed by atoms with van der Waals surface area (Å²) in [6, 6.07) is 3.95. The van der Waals surface area contributed by atoms with Crippen molar-refractivity contribution in [3.05, 3.63) is 23.7 Å². The van der Waals surface area contributed by atoms with E-state index < -0.39 is 0 Å². The van der Waals surface area contributed by atoms with Gasteiger partial charge in [0.05, 0.1) is 23.4 Å². The molecule has 0 aliphatic carbocycles. The molecule has 3 heterocycles. The fourth-order valence-electron chi connectivity index (χ4n) is 1.68. The van der Waals surface area contributed by atoms with Gasteiger partial charge in [-0.2, -0.15) is 9.97 Å². The fraction of sp³-hybridized carbons (Fsp3) is 0.167. The Balaban J connectivity index is 2.20. The lowest BCUT2D eigenvalue weighted by molar-refractivity contribution is 0.330. The Hall–Kier alpha value is -2.28. The van der Waals surface area contributed by atoms with Gasteiger partial charge in [-0.1, -0.05) is 6.07 Å². The molecule has 6 nitrogen and oxygen atoms in total. The number of anilines is 1.